The first-order valence-electron chi connectivity index (χ1n) is 9.85. The van der Waals surface area contributed by atoms with Gasteiger partial charge in [0.25, 0.3) is 5.56 Å². The van der Waals surface area contributed by atoms with Gasteiger partial charge in [0.1, 0.15) is 11.2 Å². The fraction of sp³-hybridized carbons (Fsp3) is 0.182. The number of aromatic amines is 1. The highest BCUT2D eigenvalue weighted by atomic mass is 32.2. The summed E-state index contributed by atoms with van der Waals surface area (Å²) in [5.74, 6) is -0.250. The third-order valence-electron chi connectivity index (χ3n) is 5.23. The lowest BCUT2D eigenvalue weighted by Gasteiger charge is -2.29. The first-order chi connectivity index (χ1) is 15.1. The van der Waals surface area contributed by atoms with E-state index >= 15 is 0 Å². The zero-order valence-corrected chi connectivity index (χ0v) is 17.2. The molecular weight excluding hydrogens is 417 g/mol. The molecule has 0 radical (unpaired) electrons. The number of carbonyl (C=O) groups excluding carboxylic acids is 1. The van der Waals surface area contributed by atoms with E-state index in [0.717, 1.165) is 18.5 Å². The molecule has 4 aromatic rings. The van der Waals surface area contributed by atoms with Crippen LogP contribution >= 0.6 is 11.8 Å². The number of hydrogen-bond acceptors (Lipinski definition) is 5. The van der Waals surface area contributed by atoms with Crippen molar-refractivity contribution < 1.29 is 9.18 Å². The fourth-order valence-corrected chi connectivity index (χ4v) is 4.47. The largest absolute Gasteiger partial charge is 0.311 e. The average molecular weight is 435 g/mol. The lowest BCUT2D eigenvalue weighted by atomic mass is 10.0. The summed E-state index contributed by atoms with van der Waals surface area (Å²) < 4.78 is 14.7. The van der Waals surface area contributed by atoms with Crippen molar-refractivity contribution in [2.45, 2.75) is 18.0 Å². The van der Waals surface area contributed by atoms with Gasteiger partial charge in [-0.2, -0.15) is 5.10 Å². The zero-order chi connectivity index (χ0) is 21.4. The summed E-state index contributed by atoms with van der Waals surface area (Å²) in [5, 5.41) is 4.88. The molecule has 1 amide bonds. The van der Waals surface area contributed by atoms with Gasteiger partial charge < -0.3 is 9.88 Å². The van der Waals surface area contributed by atoms with Gasteiger partial charge in [-0.15, -0.1) is 0 Å². The van der Waals surface area contributed by atoms with Gasteiger partial charge in [-0.05, 0) is 48.7 Å². The summed E-state index contributed by atoms with van der Waals surface area (Å²) in [4.78, 5) is 34.4. The highest BCUT2D eigenvalue weighted by Crippen LogP contribution is 2.28. The maximum atomic E-state index is 13.3. The number of hydrogen-bond donors (Lipinski definition) is 1. The van der Waals surface area contributed by atoms with E-state index in [1.54, 1.807) is 17.0 Å². The van der Waals surface area contributed by atoms with Crippen LogP contribution in [0.25, 0.3) is 16.7 Å². The molecule has 0 fully saturated rings. The van der Waals surface area contributed by atoms with Crippen LogP contribution in [-0.2, 0) is 11.2 Å². The van der Waals surface area contributed by atoms with E-state index in [1.165, 1.54) is 40.3 Å². The number of fused-ring (bicyclic) bond motifs is 2. The Morgan fingerprint density at radius 2 is 1.97 bits per heavy atom. The van der Waals surface area contributed by atoms with Crippen molar-refractivity contribution in [1.29, 1.82) is 0 Å². The number of amides is 1. The molecule has 5 rings (SSSR count). The van der Waals surface area contributed by atoms with E-state index in [9.17, 15) is 14.0 Å². The molecule has 0 saturated carbocycles. The Balaban J connectivity index is 1.40. The number of halogens is 1. The van der Waals surface area contributed by atoms with Crippen LogP contribution in [0.15, 0.2) is 64.7 Å². The van der Waals surface area contributed by atoms with Crippen LogP contribution in [0, 0.1) is 5.82 Å². The molecule has 1 aliphatic rings. The summed E-state index contributed by atoms with van der Waals surface area (Å²) in [5.41, 5.74) is 2.73. The quantitative estimate of drug-likeness (QED) is 0.393. The molecule has 0 spiro atoms. The van der Waals surface area contributed by atoms with Crippen molar-refractivity contribution in [3.63, 3.8) is 0 Å². The fourth-order valence-electron chi connectivity index (χ4n) is 3.74. The Morgan fingerprint density at radius 1 is 1.16 bits per heavy atom. The van der Waals surface area contributed by atoms with Crippen LogP contribution in [-0.4, -0.2) is 38.0 Å². The number of thioether (sulfide) groups is 1. The zero-order valence-electron chi connectivity index (χ0n) is 16.4. The SMILES string of the molecule is O=C(CSc1nc2c(cnn2-c2ccc(F)cc2)c(=O)[nH]1)N1CCCc2ccccc21. The predicted molar refractivity (Wildman–Crippen MR) is 117 cm³/mol. The van der Waals surface area contributed by atoms with Crippen molar-refractivity contribution in [1.82, 2.24) is 19.7 Å². The van der Waals surface area contributed by atoms with E-state index in [0.29, 0.717) is 28.4 Å². The van der Waals surface area contributed by atoms with Crippen LogP contribution in [0.2, 0.25) is 0 Å². The van der Waals surface area contributed by atoms with Gasteiger partial charge in [-0.1, -0.05) is 30.0 Å². The number of rotatable bonds is 4. The molecule has 31 heavy (non-hydrogen) atoms. The van der Waals surface area contributed by atoms with Crippen molar-refractivity contribution in [3.05, 3.63) is 76.5 Å². The van der Waals surface area contributed by atoms with Gasteiger partial charge in [0.15, 0.2) is 10.8 Å². The molecule has 2 aromatic carbocycles. The second-order valence-electron chi connectivity index (χ2n) is 7.21. The van der Waals surface area contributed by atoms with Crippen LogP contribution < -0.4 is 10.5 Å². The third-order valence-corrected chi connectivity index (χ3v) is 6.09. The molecule has 9 heteroatoms. The third kappa shape index (κ3) is 3.72. The number of nitrogens with one attached hydrogen (secondary N) is 1. The standard InChI is InChI=1S/C22H18FN5O2S/c23-15-7-9-16(10-8-15)28-20-17(12-24-28)21(30)26-22(25-20)31-13-19(29)27-11-3-5-14-4-1-2-6-18(14)27/h1-2,4,6-10,12H,3,5,11,13H2,(H,25,26,30). The predicted octanol–water partition coefficient (Wildman–Crippen LogP) is 3.32. The Labute approximate surface area is 180 Å². The summed E-state index contributed by atoms with van der Waals surface area (Å²) in [6.45, 7) is 0.677. The van der Waals surface area contributed by atoms with Gasteiger partial charge in [0.2, 0.25) is 5.91 Å². The molecule has 0 bridgehead atoms. The van der Waals surface area contributed by atoms with E-state index in [4.69, 9.17) is 0 Å². The topological polar surface area (TPSA) is 83.9 Å². The summed E-state index contributed by atoms with van der Waals surface area (Å²) >= 11 is 1.18. The average Bonchev–Trinajstić information content (AvgIpc) is 3.22. The van der Waals surface area contributed by atoms with Gasteiger partial charge in [0.05, 0.1) is 17.6 Å². The van der Waals surface area contributed by atoms with Crippen molar-refractivity contribution >= 4 is 34.4 Å². The van der Waals surface area contributed by atoms with E-state index in [-0.39, 0.29) is 23.0 Å². The number of aromatic nitrogens is 4. The monoisotopic (exact) mass is 435 g/mol. The van der Waals surface area contributed by atoms with Crippen LogP contribution in [0.1, 0.15) is 12.0 Å². The molecule has 0 aliphatic carbocycles. The maximum absolute atomic E-state index is 13.3. The number of para-hydroxylation sites is 1. The molecular formula is C22H18FN5O2S. The molecule has 0 unspecified atom stereocenters. The molecule has 1 aliphatic heterocycles. The Bertz CT molecular complexity index is 1330. The highest BCUT2D eigenvalue weighted by Gasteiger charge is 2.22. The smallest absolute Gasteiger partial charge is 0.262 e. The summed E-state index contributed by atoms with van der Waals surface area (Å²) in [7, 11) is 0. The number of anilines is 1. The van der Waals surface area contributed by atoms with Crippen molar-refractivity contribution in [3.8, 4) is 5.69 Å². The minimum Gasteiger partial charge on any atom is -0.311 e. The number of nitrogens with zero attached hydrogens (tertiary/aromatic N) is 4. The summed E-state index contributed by atoms with van der Waals surface area (Å²) in [6, 6.07) is 13.7. The van der Waals surface area contributed by atoms with Gasteiger partial charge in [-0.3, -0.25) is 9.59 Å². The normalized spacial score (nSPS) is 13.4. The van der Waals surface area contributed by atoms with Gasteiger partial charge in [-0.25, -0.2) is 14.1 Å². The van der Waals surface area contributed by atoms with Gasteiger partial charge in [0, 0.05) is 12.2 Å². The molecule has 7 nitrogen and oxygen atoms in total. The van der Waals surface area contributed by atoms with Crippen LogP contribution in [0.5, 0.6) is 0 Å². The van der Waals surface area contributed by atoms with E-state index in [2.05, 4.69) is 15.1 Å². The Kier molecular flexibility index (Phi) is 5.03. The first kappa shape index (κ1) is 19.5. The molecule has 0 atom stereocenters. The highest BCUT2D eigenvalue weighted by molar-refractivity contribution is 7.99. The minimum absolute atomic E-state index is 0.0352. The number of aryl methyl sites for hydroxylation is 1. The number of carbonyl (C=O) groups is 1. The lowest BCUT2D eigenvalue weighted by molar-refractivity contribution is -0.116. The maximum Gasteiger partial charge on any atom is 0.262 e. The van der Waals surface area contributed by atoms with Crippen molar-refractivity contribution in [2.24, 2.45) is 0 Å². The molecule has 156 valence electrons. The number of H-pyrrole nitrogens is 1. The molecule has 3 heterocycles. The van der Waals surface area contributed by atoms with Crippen LogP contribution in [0.4, 0.5) is 10.1 Å². The van der Waals surface area contributed by atoms with Gasteiger partial charge >= 0.3 is 0 Å². The van der Waals surface area contributed by atoms with Crippen molar-refractivity contribution in [2.75, 3.05) is 17.2 Å². The van der Waals surface area contributed by atoms with E-state index in [1.807, 2.05) is 24.3 Å². The second kappa shape index (κ2) is 7.99. The summed E-state index contributed by atoms with van der Waals surface area (Å²) in [6.07, 6.45) is 3.31. The lowest BCUT2D eigenvalue weighted by Crippen LogP contribution is -2.36. The molecule has 2 aromatic heterocycles. The van der Waals surface area contributed by atoms with Crippen LogP contribution in [0.3, 0.4) is 0 Å². The minimum atomic E-state index is -0.361. The molecule has 1 N–H and O–H groups in total. The van der Waals surface area contributed by atoms with E-state index < -0.39 is 0 Å². The Hall–Kier alpha value is -3.46. The first-order valence-corrected chi connectivity index (χ1v) is 10.8. The Morgan fingerprint density at radius 3 is 2.81 bits per heavy atom. The molecule has 0 saturated heterocycles. The second-order valence-corrected chi connectivity index (χ2v) is 8.17. The number of benzene rings is 2.